The molecule has 0 aromatic rings. The van der Waals surface area contributed by atoms with Gasteiger partial charge < -0.3 is 25.7 Å². The molecule has 1 heterocycles. The molecule has 0 spiro atoms. The highest BCUT2D eigenvalue weighted by molar-refractivity contribution is 6.26. The molecule has 29 heavy (non-hydrogen) atoms. The van der Waals surface area contributed by atoms with Crippen LogP contribution in [0.1, 0.15) is 46.5 Å². The summed E-state index contributed by atoms with van der Waals surface area (Å²) in [6, 6.07) is -1.29. The Hall–Kier alpha value is -2.65. The summed E-state index contributed by atoms with van der Waals surface area (Å²) >= 11 is 0. The zero-order chi connectivity index (χ0) is 21.8. The number of rotatable bonds is 11. The third kappa shape index (κ3) is 8.49. The van der Waals surface area contributed by atoms with Crippen molar-refractivity contribution in [1.82, 2.24) is 20.9 Å². The fourth-order valence-corrected chi connectivity index (χ4v) is 3.07. The van der Waals surface area contributed by atoms with E-state index in [1.165, 1.54) is 11.9 Å². The molecule has 0 aromatic heterocycles. The Bertz CT molecular complexity index is 608. The van der Waals surface area contributed by atoms with Crippen molar-refractivity contribution in [3.05, 3.63) is 0 Å². The Balaban J connectivity index is 2.65. The molecular formula is C19H33N5O5. The van der Waals surface area contributed by atoms with Crippen LogP contribution in [-0.4, -0.2) is 73.6 Å². The molecule has 0 saturated carbocycles. The zero-order valence-electron chi connectivity index (χ0n) is 17.7. The summed E-state index contributed by atoms with van der Waals surface area (Å²) < 4.78 is 0. The van der Waals surface area contributed by atoms with Crippen molar-refractivity contribution in [3.63, 3.8) is 0 Å². The van der Waals surface area contributed by atoms with Gasteiger partial charge in [-0.1, -0.05) is 25.9 Å². The predicted octanol–water partition coefficient (Wildman–Crippen LogP) is -0.217. The first-order valence-electron chi connectivity index (χ1n) is 10.0. The van der Waals surface area contributed by atoms with Crippen molar-refractivity contribution in [2.24, 2.45) is 11.1 Å². The summed E-state index contributed by atoms with van der Waals surface area (Å²) in [5.41, 5.74) is 0. The number of hydrogen-bond acceptors (Lipinski definition) is 6. The minimum Gasteiger partial charge on any atom is -0.386 e. The van der Waals surface area contributed by atoms with Crippen LogP contribution in [0, 0.1) is 5.92 Å². The van der Waals surface area contributed by atoms with Crippen molar-refractivity contribution in [2.75, 3.05) is 26.7 Å². The van der Waals surface area contributed by atoms with Crippen LogP contribution in [0.3, 0.4) is 0 Å². The predicted molar refractivity (Wildman–Crippen MR) is 108 cm³/mol. The van der Waals surface area contributed by atoms with Crippen molar-refractivity contribution >= 4 is 29.8 Å². The van der Waals surface area contributed by atoms with Gasteiger partial charge in [-0.25, -0.2) is 0 Å². The van der Waals surface area contributed by atoms with Gasteiger partial charge in [-0.2, -0.15) is 0 Å². The minimum atomic E-state index is -0.771. The molecule has 2 unspecified atom stereocenters. The third-order valence-corrected chi connectivity index (χ3v) is 4.42. The molecule has 1 rings (SSSR count). The van der Waals surface area contributed by atoms with Crippen LogP contribution in [0.25, 0.3) is 0 Å². The second-order valence-electron chi connectivity index (χ2n) is 7.35. The molecule has 10 nitrogen and oxygen atoms in total. The molecule has 1 saturated heterocycles. The summed E-state index contributed by atoms with van der Waals surface area (Å²) in [7, 11) is 1.54. The van der Waals surface area contributed by atoms with Gasteiger partial charge in [-0.3, -0.25) is 19.2 Å². The number of likely N-dealkylation sites (N-methyl/N-ethyl adjacent to an activating group) is 1. The van der Waals surface area contributed by atoms with Crippen LogP contribution in [0.15, 0.2) is 5.16 Å². The van der Waals surface area contributed by atoms with Gasteiger partial charge in [0.25, 0.3) is 11.8 Å². The second-order valence-corrected chi connectivity index (χ2v) is 7.35. The lowest BCUT2D eigenvalue weighted by Crippen LogP contribution is -2.53. The number of nitrogens with one attached hydrogen (secondary N) is 3. The van der Waals surface area contributed by atoms with Gasteiger partial charge in [-0.15, -0.1) is 0 Å². The molecule has 3 N–H and O–H groups in total. The lowest BCUT2D eigenvalue weighted by atomic mass is 10.0. The van der Waals surface area contributed by atoms with E-state index in [2.05, 4.69) is 21.1 Å². The average Bonchev–Trinajstić information content (AvgIpc) is 3.17. The lowest BCUT2D eigenvalue weighted by molar-refractivity contribution is -0.141. The summed E-state index contributed by atoms with van der Waals surface area (Å²) in [5, 5.41) is 11.3. The molecule has 4 amide bonds. The highest BCUT2D eigenvalue weighted by Crippen LogP contribution is 2.20. The molecule has 0 aromatic carbocycles. The highest BCUT2D eigenvalue weighted by Gasteiger charge is 2.37. The SMILES string of the molecule is CCCNC(=O)CO/N=C/C(=O)NC(CC(C)C)C(=O)N1CCCC1C(=O)NC. The van der Waals surface area contributed by atoms with E-state index in [-0.39, 0.29) is 30.2 Å². The molecule has 10 heteroatoms. The van der Waals surface area contributed by atoms with Gasteiger partial charge in [0.2, 0.25) is 11.8 Å². The molecule has 0 aliphatic carbocycles. The third-order valence-electron chi connectivity index (χ3n) is 4.42. The average molecular weight is 412 g/mol. The fourth-order valence-electron chi connectivity index (χ4n) is 3.07. The van der Waals surface area contributed by atoms with Crippen molar-refractivity contribution < 1.29 is 24.0 Å². The number of hydrogen-bond donors (Lipinski definition) is 3. The normalized spacial score (nSPS) is 17.3. The van der Waals surface area contributed by atoms with E-state index in [9.17, 15) is 19.2 Å². The van der Waals surface area contributed by atoms with Gasteiger partial charge in [-0.05, 0) is 31.6 Å². The van der Waals surface area contributed by atoms with Crippen LogP contribution in [-0.2, 0) is 24.0 Å². The number of likely N-dealkylation sites (tertiary alicyclic amines) is 1. The van der Waals surface area contributed by atoms with Crippen molar-refractivity contribution in [1.29, 1.82) is 0 Å². The van der Waals surface area contributed by atoms with Crippen molar-refractivity contribution in [3.8, 4) is 0 Å². The smallest absolute Gasteiger partial charge is 0.266 e. The maximum Gasteiger partial charge on any atom is 0.266 e. The number of amides is 4. The number of oxime groups is 1. The molecule has 1 aliphatic heterocycles. The van der Waals surface area contributed by atoms with Crippen LogP contribution in [0.5, 0.6) is 0 Å². The van der Waals surface area contributed by atoms with E-state index >= 15 is 0 Å². The first-order valence-corrected chi connectivity index (χ1v) is 10.0. The van der Waals surface area contributed by atoms with Crippen molar-refractivity contribution in [2.45, 2.75) is 58.5 Å². The quantitative estimate of drug-likeness (QED) is 0.320. The second kappa shape index (κ2) is 12.7. The van der Waals surface area contributed by atoms with Gasteiger partial charge in [0.05, 0.1) is 0 Å². The van der Waals surface area contributed by atoms with Gasteiger partial charge in [0, 0.05) is 20.1 Å². The Kier molecular flexibility index (Phi) is 10.7. The first kappa shape index (κ1) is 24.4. The molecule has 0 radical (unpaired) electrons. The number of carbonyl (C=O) groups excluding carboxylic acids is 4. The van der Waals surface area contributed by atoms with Crippen LogP contribution < -0.4 is 16.0 Å². The molecule has 0 bridgehead atoms. The highest BCUT2D eigenvalue weighted by atomic mass is 16.6. The van der Waals surface area contributed by atoms with E-state index in [0.29, 0.717) is 25.9 Å². The number of nitrogens with zero attached hydrogens (tertiary/aromatic N) is 2. The van der Waals surface area contributed by atoms with E-state index in [0.717, 1.165) is 19.1 Å². The molecule has 1 aliphatic rings. The van der Waals surface area contributed by atoms with E-state index in [4.69, 9.17) is 4.84 Å². The summed E-state index contributed by atoms with van der Waals surface area (Å²) in [6.45, 7) is 6.54. The Labute approximate surface area is 171 Å². The Morgan fingerprint density at radius 3 is 2.62 bits per heavy atom. The zero-order valence-corrected chi connectivity index (χ0v) is 17.7. The Morgan fingerprint density at radius 2 is 2.00 bits per heavy atom. The molecular weight excluding hydrogens is 378 g/mol. The van der Waals surface area contributed by atoms with Crippen LogP contribution in [0.4, 0.5) is 0 Å². The summed E-state index contributed by atoms with van der Waals surface area (Å²) in [6.07, 6.45) is 3.47. The van der Waals surface area contributed by atoms with E-state index in [1.807, 2.05) is 20.8 Å². The maximum atomic E-state index is 13.0. The molecule has 1 fully saturated rings. The molecule has 164 valence electrons. The number of carbonyl (C=O) groups is 4. The maximum absolute atomic E-state index is 13.0. The largest absolute Gasteiger partial charge is 0.386 e. The van der Waals surface area contributed by atoms with Gasteiger partial charge >= 0.3 is 0 Å². The first-order chi connectivity index (χ1) is 13.8. The summed E-state index contributed by atoms with van der Waals surface area (Å²) in [5.74, 6) is -1.27. The molecule has 2 atom stereocenters. The van der Waals surface area contributed by atoms with E-state index in [1.54, 1.807) is 0 Å². The Morgan fingerprint density at radius 1 is 1.28 bits per heavy atom. The standard InChI is InChI=1S/C19H33N5O5/c1-5-8-21-17(26)12-29-22-11-16(25)23-14(10-13(2)3)19(28)24-9-6-7-15(24)18(27)20-4/h11,13-15H,5-10,12H2,1-4H3,(H,20,27)(H,21,26)(H,23,25)/b22-11+. The minimum absolute atomic E-state index is 0.153. The van der Waals surface area contributed by atoms with E-state index < -0.39 is 18.0 Å². The van der Waals surface area contributed by atoms with Gasteiger partial charge in [0.1, 0.15) is 18.3 Å². The fraction of sp³-hybridized carbons (Fsp3) is 0.737. The van der Waals surface area contributed by atoms with Crippen LogP contribution >= 0.6 is 0 Å². The van der Waals surface area contributed by atoms with Gasteiger partial charge in [0.15, 0.2) is 6.61 Å². The monoisotopic (exact) mass is 411 g/mol. The lowest BCUT2D eigenvalue weighted by Gasteiger charge is -2.29. The summed E-state index contributed by atoms with van der Waals surface area (Å²) in [4.78, 5) is 54.9. The van der Waals surface area contributed by atoms with Crippen LogP contribution in [0.2, 0.25) is 0 Å². The topological polar surface area (TPSA) is 129 Å².